The van der Waals surface area contributed by atoms with Crippen LogP contribution in [0.5, 0.6) is 0 Å². The van der Waals surface area contributed by atoms with Crippen molar-refractivity contribution in [2.75, 3.05) is 0 Å². The van der Waals surface area contributed by atoms with Crippen LogP contribution in [0.3, 0.4) is 0 Å². The van der Waals surface area contributed by atoms with Crippen molar-refractivity contribution in [3.63, 3.8) is 0 Å². The molecule has 0 fully saturated rings. The summed E-state index contributed by atoms with van der Waals surface area (Å²) in [4.78, 5) is 0. The minimum absolute atomic E-state index is 0. The second-order valence-corrected chi connectivity index (χ2v) is 7.12. The van der Waals surface area contributed by atoms with Gasteiger partial charge in [-0.15, -0.1) is 5.54 Å². The van der Waals surface area contributed by atoms with Crippen LogP contribution in [-0.2, 0) is 0 Å². The van der Waals surface area contributed by atoms with Crippen LogP contribution in [0.2, 0.25) is 19.6 Å². The van der Waals surface area contributed by atoms with E-state index in [0.717, 1.165) is 0 Å². The molecular weight excluding hydrogens is 95.1 g/mol. The Hall–Kier alpha value is 0.374. The quantitative estimate of drug-likeness (QED) is 0.316. The summed E-state index contributed by atoms with van der Waals surface area (Å²) < 4.78 is 0. The van der Waals surface area contributed by atoms with Crippen LogP contribution in [-0.4, -0.2) is 26.9 Å². The third kappa shape index (κ3) is 10.7. The van der Waals surface area contributed by atoms with Gasteiger partial charge in [-0.25, -0.2) is 0 Å². The van der Waals surface area contributed by atoms with Crippen molar-refractivity contribution < 1.29 is 0 Å². The third-order valence-corrected chi connectivity index (χ3v) is 1.12. The van der Waals surface area contributed by atoms with Crippen LogP contribution in [0.15, 0.2) is 0 Å². The first-order valence-corrected chi connectivity index (χ1v) is 5.50. The maximum atomic E-state index is 6.67. The fraction of sp³-hybridized carbons (Fsp3) is 0.600. The van der Waals surface area contributed by atoms with Gasteiger partial charge in [0.25, 0.3) is 0 Å². The topological polar surface area (TPSA) is 0 Å². The molecule has 0 aromatic rings. The minimum atomic E-state index is -1.21. The SMILES string of the molecule is [C]#C[Si](C)(C)C.[LiH]. The zero-order valence-electron chi connectivity index (χ0n) is 4.50. The second-order valence-electron chi connectivity index (χ2n) is 2.38. The normalized spacial score (nSPS) is 8.86. The molecule has 0 aliphatic heterocycles. The van der Waals surface area contributed by atoms with Gasteiger partial charge in [-0.2, -0.15) is 0 Å². The molecule has 0 aliphatic carbocycles. The Morgan fingerprint density at radius 2 is 1.43 bits per heavy atom. The number of rotatable bonds is 0. The van der Waals surface area contributed by atoms with E-state index in [4.69, 9.17) is 6.42 Å². The predicted octanol–water partition coefficient (Wildman–Crippen LogP) is 0.805. The van der Waals surface area contributed by atoms with E-state index in [-0.39, 0.29) is 18.9 Å². The van der Waals surface area contributed by atoms with Gasteiger partial charge in [0.05, 0.1) is 0 Å². The first kappa shape index (κ1) is 10.4. The van der Waals surface area contributed by atoms with Gasteiger partial charge in [0, 0.05) is 0 Å². The molecule has 35 valence electrons. The van der Waals surface area contributed by atoms with Crippen LogP contribution < -0.4 is 0 Å². The molecule has 0 heterocycles. The molecule has 0 saturated carbocycles. The molecular formula is C5H10LiSi. The second kappa shape index (κ2) is 3.39. The molecule has 0 N–H and O–H groups in total. The van der Waals surface area contributed by atoms with E-state index >= 15 is 0 Å². The van der Waals surface area contributed by atoms with Crippen molar-refractivity contribution in [2.45, 2.75) is 19.6 Å². The van der Waals surface area contributed by atoms with Crippen molar-refractivity contribution in [3.8, 4) is 5.54 Å². The van der Waals surface area contributed by atoms with E-state index in [2.05, 4.69) is 25.2 Å². The predicted molar refractivity (Wildman–Crippen MR) is 37.6 cm³/mol. The summed E-state index contributed by atoms with van der Waals surface area (Å²) in [5.41, 5.74) is 2.49. The Balaban J connectivity index is 0. The van der Waals surface area contributed by atoms with E-state index in [0.29, 0.717) is 0 Å². The molecule has 7 heavy (non-hydrogen) atoms. The van der Waals surface area contributed by atoms with Crippen LogP contribution in [0.25, 0.3) is 0 Å². The molecule has 0 aliphatic rings. The monoisotopic (exact) mass is 105 g/mol. The zero-order chi connectivity index (χ0) is 5.21. The Labute approximate surface area is 58.9 Å². The van der Waals surface area contributed by atoms with E-state index < -0.39 is 8.07 Å². The molecule has 1 radical (unpaired) electrons. The average molecular weight is 105 g/mol. The van der Waals surface area contributed by atoms with Crippen LogP contribution in [0.4, 0.5) is 0 Å². The van der Waals surface area contributed by atoms with E-state index in [9.17, 15) is 0 Å². The standard InChI is InChI=1S/C5H9Si.Li.H/c1-5-6(2,3)4;;/h2-4H3;;. The van der Waals surface area contributed by atoms with Crippen molar-refractivity contribution >= 4 is 26.9 Å². The first-order valence-electron chi connectivity index (χ1n) is 2.00. The van der Waals surface area contributed by atoms with E-state index in [1.54, 1.807) is 0 Å². The first-order chi connectivity index (χ1) is 2.56. The maximum absolute atomic E-state index is 6.67. The van der Waals surface area contributed by atoms with Crippen molar-refractivity contribution in [3.05, 3.63) is 6.42 Å². The fourth-order valence-corrected chi connectivity index (χ4v) is 0. The summed E-state index contributed by atoms with van der Waals surface area (Å²) in [6.45, 7) is 6.25. The Kier molecular flexibility index (Phi) is 5.02. The summed E-state index contributed by atoms with van der Waals surface area (Å²) in [6.07, 6.45) is 6.67. The molecule has 0 aromatic heterocycles. The summed E-state index contributed by atoms with van der Waals surface area (Å²) in [5.74, 6) is 0. The summed E-state index contributed by atoms with van der Waals surface area (Å²) in [5, 5.41) is 0. The van der Waals surface area contributed by atoms with Gasteiger partial charge in [0.15, 0.2) is 0 Å². The number of hydrogen-bond donors (Lipinski definition) is 0. The third-order valence-electron chi connectivity index (χ3n) is 0.375. The Morgan fingerprint density at radius 1 is 1.29 bits per heavy atom. The molecule has 0 atom stereocenters. The molecule has 0 nitrogen and oxygen atoms in total. The summed E-state index contributed by atoms with van der Waals surface area (Å²) in [7, 11) is -1.21. The van der Waals surface area contributed by atoms with E-state index in [1.807, 2.05) is 0 Å². The van der Waals surface area contributed by atoms with Gasteiger partial charge in [-0.05, 0) is 6.42 Å². The Bertz CT molecular complexity index is 75.1. The molecule has 0 saturated heterocycles. The van der Waals surface area contributed by atoms with Gasteiger partial charge in [0.2, 0.25) is 0 Å². The molecule has 0 bridgehead atoms. The van der Waals surface area contributed by atoms with Crippen LogP contribution >= 0.6 is 0 Å². The van der Waals surface area contributed by atoms with Gasteiger partial charge >= 0.3 is 18.9 Å². The van der Waals surface area contributed by atoms with Crippen molar-refractivity contribution in [1.29, 1.82) is 0 Å². The molecule has 0 amide bonds. The number of hydrogen-bond acceptors (Lipinski definition) is 0. The van der Waals surface area contributed by atoms with Crippen LogP contribution in [0, 0.1) is 12.0 Å². The molecule has 0 spiro atoms. The van der Waals surface area contributed by atoms with Gasteiger partial charge in [0.1, 0.15) is 8.07 Å². The molecule has 2 heteroatoms. The average Bonchev–Trinajstić information content (AvgIpc) is 1.35. The molecule has 0 rings (SSSR count). The van der Waals surface area contributed by atoms with Gasteiger partial charge in [-0.3, -0.25) is 0 Å². The zero-order valence-corrected chi connectivity index (χ0v) is 5.50. The van der Waals surface area contributed by atoms with Gasteiger partial charge < -0.3 is 0 Å². The van der Waals surface area contributed by atoms with Crippen LogP contribution in [0.1, 0.15) is 0 Å². The Morgan fingerprint density at radius 3 is 1.43 bits per heavy atom. The molecule has 0 aromatic carbocycles. The fourth-order valence-electron chi connectivity index (χ4n) is 0. The summed E-state index contributed by atoms with van der Waals surface area (Å²) >= 11 is 0. The molecule has 0 unspecified atom stereocenters. The van der Waals surface area contributed by atoms with Crippen molar-refractivity contribution in [1.82, 2.24) is 0 Å². The summed E-state index contributed by atoms with van der Waals surface area (Å²) in [6, 6.07) is 0. The van der Waals surface area contributed by atoms with E-state index in [1.165, 1.54) is 0 Å². The van der Waals surface area contributed by atoms with Crippen molar-refractivity contribution in [2.24, 2.45) is 0 Å². The van der Waals surface area contributed by atoms with Gasteiger partial charge in [-0.1, -0.05) is 19.6 Å².